The van der Waals surface area contributed by atoms with Crippen LogP contribution in [0.15, 0.2) is 194 Å². The second-order valence-electron chi connectivity index (χ2n) is 17.5. The molecule has 13 heteroatoms. The van der Waals surface area contributed by atoms with E-state index in [1.165, 1.54) is 24.3 Å². The van der Waals surface area contributed by atoms with Crippen LogP contribution in [0.3, 0.4) is 0 Å². The van der Waals surface area contributed by atoms with Crippen LogP contribution in [-0.4, -0.2) is 60.4 Å². The number of halogens is 5. The van der Waals surface area contributed by atoms with Crippen molar-refractivity contribution < 1.29 is 37.6 Å². The molecule has 3 N–H and O–H groups in total. The Hall–Kier alpha value is -6.77. The lowest BCUT2D eigenvalue weighted by molar-refractivity contribution is 0.0354. The fourth-order valence-electron chi connectivity index (χ4n) is 8.59. The molecule has 0 radical (unpaired) electrons. The molecule has 2 aromatic heterocycles. The Morgan fingerprint density at radius 1 is 0.458 bits per heavy atom. The normalized spacial score (nSPS) is 13.0. The summed E-state index contributed by atoms with van der Waals surface area (Å²) in [5.74, 6) is -2.11. The number of hydrogen-bond acceptors (Lipinski definition) is 8. The summed E-state index contributed by atoms with van der Waals surface area (Å²) in [5.41, 5.74) is 5.88. The molecule has 0 saturated heterocycles. The highest BCUT2D eigenvalue weighted by molar-refractivity contribution is 6.30. The Bertz CT molecular complexity index is 2750. The smallest absolute Gasteiger partial charge is 0.126 e. The van der Waals surface area contributed by atoms with Gasteiger partial charge in [0, 0.05) is 86.9 Å². The van der Waals surface area contributed by atoms with E-state index in [0.717, 1.165) is 34.4 Å². The number of ether oxygens (including phenoxy) is 1. The second kappa shape index (κ2) is 27.2. The maximum atomic E-state index is 14.1. The summed E-state index contributed by atoms with van der Waals surface area (Å²) in [5, 5.41) is 32.7. The van der Waals surface area contributed by atoms with Crippen LogP contribution in [-0.2, 0) is 39.0 Å². The minimum Gasteiger partial charge on any atom is -0.493 e. The van der Waals surface area contributed by atoms with E-state index in [1.54, 1.807) is 36.7 Å². The molecule has 2 heterocycles. The maximum Gasteiger partial charge on any atom is 0.126 e. The van der Waals surface area contributed by atoms with Gasteiger partial charge in [0.1, 0.15) is 41.2 Å². The van der Waals surface area contributed by atoms with E-state index in [4.69, 9.17) is 21.4 Å². The van der Waals surface area contributed by atoms with Gasteiger partial charge in [-0.05, 0) is 88.7 Å². The number of benzene rings is 6. The molecule has 6 aromatic carbocycles. The van der Waals surface area contributed by atoms with Crippen LogP contribution in [0, 0.1) is 23.3 Å². The summed E-state index contributed by atoms with van der Waals surface area (Å²) < 4.78 is 62.0. The lowest BCUT2D eigenvalue weighted by Gasteiger charge is -2.35. The Labute approximate surface area is 423 Å². The van der Waals surface area contributed by atoms with Gasteiger partial charge in [-0.25, -0.2) is 17.6 Å². The molecule has 72 heavy (non-hydrogen) atoms. The third kappa shape index (κ3) is 16.4. The first-order valence-electron chi connectivity index (χ1n) is 23.7. The van der Waals surface area contributed by atoms with Gasteiger partial charge in [0.15, 0.2) is 0 Å². The number of aromatic nitrogens is 2. The number of nitrogens with zero attached hydrogens (tertiary/aromatic N) is 4. The summed E-state index contributed by atoms with van der Waals surface area (Å²) in [6, 6.07) is 52.0. The van der Waals surface area contributed by atoms with Gasteiger partial charge in [0.25, 0.3) is 0 Å². The summed E-state index contributed by atoms with van der Waals surface area (Å²) in [6.45, 7) is 2.40. The molecule has 8 aromatic rings. The van der Waals surface area contributed by atoms with Crippen LogP contribution in [0.2, 0.25) is 5.02 Å². The summed E-state index contributed by atoms with van der Waals surface area (Å²) >= 11 is 6.17. The van der Waals surface area contributed by atoms with Gasteiger partial charge in [0.05, 0.1) is 18.0 Å². The minimum absolute atomic E-state index is 0.0146. The first kappa shape index (κ1) is 53.0. The largest absolute Gasteiger partial charge is 0.493 e. The molecule has 372 valence electrons. The molecule has 0 aliphatic heterocycles. The van der Waals surface area contributed by atoms with E-state index in [2.05, 4.69) is 19.8 Å². The van der Waals surface area contributed by atoms with Crippen molar-refractivity contribution in [3.63, 3.8) is 0 Å². The topological polar surface area (TPSA) is 102 Å². The summed E-state index contributed by atoms with van der Waals surface area (Å²) in [6.07, 6.45) is 1.85. The molecule has 0 spiro atoms. The standard InChI is InChI=1S/C31H32F2N2O3.C28H25ClF2N2O/c32-26-16-25(17-27(33)19-26)18-30(31(37)29-20-28(12-13-34-29)38-15-7-14-36)35(21-23-8-3-1-4-9-23)22-24-10-5-2-6-11-24;29-23-11-12-32-26(16-23)28(34)27(15-22-13-24(30)17-25(31)14-22)33(18-20-7-3-1-4-8-20)19-21-9-5-2-6-10-21/h1-6,8-13,16-17,19-20,30-31,36-37H,7,14-15,18,21-22H2;1-14,16-17,27-28,34H,15,18-19H2/t30-,31+;27-,28+/m00/s1. The quantitative estimate of drug-likeness (QED) is 0.0456. The molecule has 0 saturated carbocycles. The number of hydrogen-bond donors (Lipinski definition) is 3. The molecule has 0 unspecified atom stereocenters. The van der Waals surface area contributed by atoms with Crippen LogP contribution >= 0.6 is 11.6 Å². The molecular weight excluding hydrogens is 940 g/mol. The zero-order valence-corrected chi connectivity index (χ0v) is 40.3. The first-order valence-corrected chi connectivity index (χ1v) is 24.1. The van der Waals surface area contributed by atoms with Crippen molar-refractivity contribution in [3.8, 4) is 5.75 Å². The maximum absolute atomic E-state index is 14.1. The van der Waals surface area contributed by atoms with Crippen molar-refractivity contribution in [2.24, 2.45) is 0 Å². The zero-order chi connectivity index (χ0) is 50.7. The van der Waals surface area contributed by atoms with Crippen molar-refractivity contribution in [1.82, 2.24) is 19.8 Å². The van der Waals surface area contributed by atoms with Gasteiger partial charge < -0.3 is 20.1 Å². The fourth-order valence-corrected chi connectivity index (χ4v) is 8.75. The van der Waals surface area contributed by atoms with E-state index in [1.807, 2.05) is 121 Å². The molecule has 0 aliphatic carbocycles. The molecule has 8 nitrogen and oxygen atoms in total. The summed E-state index contributed by atoms with van der Waals surface area (Å²) in [4.78, 5) is 13.0. The van der Waals surface area contributed by atoms with Crippen molar-refractivity contribution in [3.05, 3.63) is 267 Å². The van der Waals surface area contributed by atoms with Crippen molar-refractivity contribution in [2.45, 2.75) is 69.7 Å². The van der Waals surface area contributed by atoms with Gasteiger partial charge in [-0.1, -0.05) is 133 Å². The molecule has 8 rings (SSSR count). The van der Waals surface area contributed by atoms with E-state index in [9.17, 15) is 27.8 Å². The minimum atomic E-state index is -1.09. The van der Waals surface area contributed by atoms with Crippen molar-refractivity contribution in [2.75, 3.05) is 13.2 Å². The predicted octanol–water partition coefficient (Wildman–Crippen LogP) is 11.8. The number of aliphatic hydroxyl groups excluding tert-OH is 3. The molecule has 0 bridgehead atoms. The average molecular weight is 998 g/mol. The number of pyridine rings is 2. The SMILES string of the molecule is OCCCOc1ccnc([C@@H](O)[C@H](Cc2cc(F)cc(F)c2)N(Cc2ccccc2)Cc2ccccc2)c1.O[C@H](c1cc(Cl)ccn1)[C@H](Cc1cc(F)cc(F)c1)N(Cc1ccccc1)Cc1ccccc1. The van der Waals surface area contributed by atoms with Gasteiger partial charge in [-0.15, -0.1) is 0 Å². The Morgan fingerprint density at radius 2 is 0.819 bits per heavy atom. The Morgan fingerprint density at radius 3 is 1.18 bits per heavy atom. The van der Waals surface area contributed by atoms with E-state index in [-0.39, 0.29) is 19.4 Å². The first-order chi connectivity index (χ1) is 35.0. The van der Waals surface area contributed by atoms with E-state index < -0.39 is 47.6 Å². The van der Waals surface area contributed by atoms with Crippen LogP contribution in [0.4, 0.5) is 17.6 Å². The highest BCUT2D eigenvalue weighted by atomic mass is 35.5. The molecular formula is C59H57ClF4N4O4. The van der Waals surface area contributed by atoms with E-state index in [0.29, 0.717) is 72.5 Å². The number of aliphatic hydroxyl groups is 3. The number of rotatable bonds is 22. The van der Waals surface area contributed by atoms with Crippen molar-refractivity contribution in [1.29, 1.82) is 0 Å². The lowest BCUT2D eigenvalue weighted by atomic mass is 9.95. The average Bonchev–Trinajstić information content (AvgIpc) is 3.37. The van der Waals surface area contributed by atoms with Crippen LogP contribution in [0.25, 0.3) is 0 Å². The van der Waals surface area contributed by atoms with Gasteiger partial charge in [-0.2, -0.15) is 0 Å². The third-order valence-corrected chi connectivity index (χ3v) is 12.2. The Kier molecular flexibility index (Phi) is 20.0. The monoisotopic (exact) mass is 996 g/mol. The summed E-state index contributed by atoms with van der Waals surface area (Å²) in [7, 11) is 0. The highest BCUT2D eigenvalue weighted by Gasteiger charge is 2.31. The lowest BCUT2D eigenvalue weighted by Crippen LogP contribution is -2.41. The molecule has 0 aliphatic rings. The van der Waals surface area contributed by atoms with Gasteiger partial charge in [-0.3, -0.25) is 19.8 Å². The van der Waals surface area contributed by atoms with Gasteiger partial charge >= 0.3 is 0 Å². The molecule has 0 amide bonds. The van der Waals surface area contributed by atoms with E-state index >= 15 is 0 Å². The Balaban J connectivity index is 0.000000213. The van der Waals surface area contributed by atoms with Crippen LogP contribution in [0.5, 0.6) is 5.75 Å². The van der Waals surface area contributed by atoms with Crippen LogP contribution < -0.4 is 4.74 Å². The fraction of sp³-hybridized carbons (Fsp3) is 0.220. The molecule has 0 fully saturated rings. The molecule has 4 atom stereocenters. The zero-order valence-electron chi connectivity index (χ0n) is 39.6. The predicted molar refractivity (Wildman–Crippen MR) is 273 cm³/mol. The third-order valence-electron chi connectivity index (χ3n) is 12.0. The van der Waals surface area contributed by atoms with Crippen molar-refractivity contribution >= 4 is 11.6 Å². The highest BCUT2D eigenvalue weighted by Crippen LogP contribution is 2.31. The van der Waals surface area contributed by atoms with Crippen LogP contribution in [0.1, 0.15) is 63.4 Å². The second-order valence-corrected chi connectivity index (χ2v) is 17.9. The van der Waals surface area contributed by atoms with Gasteiger partial charge in [0.2, 0.25) is 0 Å².